The highest BCUT2D eigenvalue weighted by Gasteiger charge is 1.98. The van der Waals surface area contributed by atoms with Gasteiger partial charge in [-0.2, -0.15) is 0 Å². The second-order valence-electron chi connectivity index (χ2n) is 1.99. The highest BCUT2D eigenvalue weighted by molar-refractivity contribution is 8.26. The van der Waals surface area contributed by atoms with E-state index >= 15 is 0 Å². The summed E-state index contributed by atoms with van der Waals surface area (Å²) < 4.78 is 14.0. The molecular formula is C7H8Cl3NO2S. The van der Waals surface area contributed by atoms with E-state index in [2.05, 4.69) is 26.3 Å². The van der Waals surface area contributed by atoms with Gasteiger partial charge in [0, 0.05) is 33.1 Å². The average molecular weight is 277 g/mol. The zero-order chi connectivity index (χ0) is 11.0. The molecule has 0 N–H and O–H groups in total. The summed E-state index contributed by atoms with van der Waals surface area (Å²) in [6.07, 6.45) is 1.68. The molecule has 7 heteroatoms. The second kappa shape index (κ2) is 8.29. The number of hydrogen-bond donors (Lipinski definition) is 0. The van der Waals surface area contributed by atoms with Crippen LogP contribution in [-0.4, -0.2) is 16.3 Å². The molecule has 0 saturated carbocycles. The first-order valence-electron chi connectivity index (χ1n) is 3.40. The van der Waals surface area contributed by atoms with E-state index in [4.69, 9.17) is 20.5 Å². The van der Waals surface area contributed by atoms with Crippen LogP contribution in [0.25, 0.3) is 0 Å². The molecule has 0 aliphatic rings. The topological polar surface area (TPSA) is 39.2 Å². The Morgan fingerprint density at radius 3 is 2.50 bits per heavy atom. The van der Waals surface area contributed by atoms with Crippen molar-refractivity contribution in [3.05, 3.63) is 23.9 Å². The molecule has 0 bridgehead atoms. The number of hydrogen-bond acceptors (Lipinski definition) is 3. The lowest BCUT2D eigenvalue weighted by atomic mass is 10.3. The molecule has 80 valence electrons. The Bertz CT molecular complexity index is 271. The van der Waals surface area contributed by atoms with Gasteiger partial charge in [-0.3, -0.25) is 0 Å². The molecule has 1 heterocycles. The number of alkyl halides is 1. The van der Waals surface area contributed by atoms with Gasteiger partial charge in [0.1, 0.15) is 0 Å². The lowest BCUT2D eigenvalue weighted by Crippen LogP contribution is -1.91. The maximum absolute atomic E-state index is 9.09. The molecule has 0 saturated heterocycles. The summed E-state index contributed by atoms with van der Waals surface area (Å²) >= 11 is 5.59. The fraction of sp³-hybridized carbons (Fsp3) is 0.286. The highest BCUT2D eigenvalue weighted by atomic mass is 36.0. The van der Waals surface area contributed by atoms with Crippen molar-refractivity contribution in [3.63, 3.8) is 0 Å². The lowest BCUT2D eigenvalue weighted by Gasteiger charge is -2.01. The van der Waals surface area contributed by atoms with Crippen LogP contribution in [0.5, 0.6) is 5.88 Å². The summed E-state index contributed by atoms with van der Waals surface area (Å²) in [4.78, 5) is 3.96. The van der Waals surface area contributed by atoms with E-state index < -0.39 is 9.23 Å². The van der Waals surface area contributed by atoms with Gasteiger partial charge in [0.2, 0.25) is 15.1 Å². The van der Waals surface area contributed by atoms with Gasteiger partial charge >= 0.3 is 0 Å². The third-order valence-corrected chi connectivity index (χ3v) is 1.48. The Balaban J connectivity index is 0.000000364. The molecule has 0 unspecified atom stereocenters. The number of pyridine rings is 1. The zero-order valence-corrected chi connectivity index (χ0v) is 10.3. The Hall–Kier alpha value is -0.0300. The SMILES string of the molecule is COc1ncccc1CCl.O=S(Cl)Cl. The first-order chi connectivity index (χ1) is 6.61. The van der Waals surface area contributed by atoms with Crippen LogP contribution in [0.3, 0.4) is 0 Å². The molecule has 0 aliphatic carbocycles. The minimum Gasteiger partial charge on any atom is -0.481 e. The minimum atomic E-state index is -1.67. The summed E-state index contributed by atoms with van der Waals surface area (Å²) in [7, 11) is 8.94. The Labute approximate surface area is 98.8 Å². The van der Waals surface area contributed by atoms with Crippen LogP contribution in [0.15, 0.2) is 18.3 Å². The van der Waals surface area contributed by atoms with Gasteiger partial charge in [-0.15, -0.1) is 11.6 Å². The summed E-state index contributed by atoms with van der Waals surface area (Å²) in [6, 6.07) is 3.72. The van der Waals surface area contributed by atoms with Gasteiger partial charge < -0.3 is 4.74 Å². The van der Waals surface area contributed by atoms with Gasteiger partial charge in [0.15, 0.2) is 0 Å². The van der Waals surface area contributed by atoms with Crippen molar-refractivity contribution in [1.29, 1.82) is 0 Å². The fourth-order valence-electron chi connectivity index (χ4n) is 0.710. The molecule has 14 heavy (non-hydrogen) atoms. The molecule has 0 amide bonds. The first kappa shape index (κ1) is 14.0. The Morgan fingerprint density at radius 2 is 2.14 bits per heavy atom. The smallest absolute Gasteiger partial charge is 0.217 e. The quantitative estimate of drug-likeness (QED) is 0.616. The summed E-state index contributed by atoms with van der Waals surface area (Å²) in [5.74, 6) is 1.05. The number of ether oxygens (including phenoxy) is 1. The summed E-state index contributed by atoms with van der Waals surface area (Å²) in [5.41, 5.74) is 0.923. The molecule has 0 atom stereocenters. The molecule has 1 rings (SSSR count). The van der Waals surface area contributed by atoms with Crippen molar-refractivity contribution in [3.8, 4) is 5.88 Å². The predicted molar refractivity (Wildman–Crippen MR) is 60.2 cm³/mol. The number of halogens is 3. The van der Waals surface area contributed by atoms with Crippen LogP contribution in [0.2, 0.25) is 0 Å². The third-order valence-electron chi connectivity index (χ3n) is 1.19. The standard InChI is InChI=1S/C7H8ClNO.Cl2OS/c1-10-7-6(5-8)3-2-4-9-7;1-4(2)3/h2-4H,5H2,1H3;. The predicted octanol–water partition coefficient (Wildman–Crippen LogP) is 2.87. The first-order valence-corrected chi connectivity index (χ1v) is 6.73. The number of aromatic nitrogens is 1. The van der Waals surface area contributed by atoms with Gasteiger partial charge in [-0.25, -0.2) is 9.19 Å². The van der Waals surface area contributed by atoms with Crippen molar-refractivity contribution in [2.75, 3.05) is 7.11 Å². The largest absolute Gasteiger partial charge is 0.481 e. The van der Waals surface area contributed by atoms with Crippen LogP contribution < -0.4 is 4.74 Å². The van der Waals surface area contributed by atoms with E-state index in [1.165, 1.54) is 0 Å². The van der Waals surface area contributed by atoms with E-state index in [0.29, 0.717) is 11.8 Å². The van der Waals surface area contributed by atoms with Gasteiger partial charge in [-0.1, -0.05) is 6.07 Å². The van der Waals surface area contributed by atoms with Crippen molar-refractivity contribution < 1.29 is 8.95 Å². The molecule has 1 aromatic rings. The molecule has 1 aromatic heterocycles. The van der Waals surface area contributed by atoms with Crippen molar-refractivity contribution in [2.24, 2.45) is 0 Å². The van der Waals surface area contributed by atoms with E-state index in [9.17, 15) is 0 Å². The molecule has 0 fully saturated rings. The number of rotatable bonds is 2. The number of nitrogens with zero attached hydrogens (tertiary/aromatic N) is 1. The normalized spacial score (nSPS) is 9.21. The summed E-state index contributed by atoms with van der Waals surface area (Å²) in [5, 5.41) is 0. The molecule has 3 nitrogen and oxygen atoms in total. The van der Waals surface area contributed by atoms with Crippen LogP contribution in [0, 0.1) is 0 Å². The van der Waals surface area contributed by atoms with Crippen molar-refractivity contribution in [2.45, 2.75) is 5.88 Å². The highest BCUT2D eigenvalue weighted by Crippen LogP contribution is 2.14. The molecule has 0 radical (unpaired) electrons. The van der Waals surface area contributed by atoms with E-state index in [1.807, 2.05) is 12.1 Å². The van der Waals surface area contributed by atoms with E-state index in [0.717, 1.165) is 5.56 Å². The van der Waals surface area contributed by atoms with Gasteiger partial charge in [0.05, 0.1) is 13.0 Å². The van der Waals surface area contributed by atoms with Crippen molar-refractivity contribution in [1.82, 2.24) is 4.98 Å². The van der Waals surface area contributed by atoms with Crippen LogP contribution in [0.1, 0.15) is 5.56 Å². The van der Waals surface area contributed by atoms with E-state index in [-0.39, 0.29) is 0 Å². The second-order valence-corrected chi connectivity index (χ2v) is 4.78. The zero-order valence-electron chi connectivity index (χ0n) is 7.25. The van der Waals surface area contributed by atoms with Crippen LogP contribution in [-0.2, 0) is 15.1 Å². The average Bonchev–Trinajstić information content (AvgIpc) is 2.17. The fourth-order valence-corrected chi connectivity index (χ4v) is 0.913. The monoisotopic (exact) mass is 275 g/mol. The third kappa shape index (κ3) is 6.43. The Kier molecular flexibility index (Phi) is 8.27. The molecular weight excluding hydrogens is 269 g/mol. The summed E-state index contributed by atoms with van der Waals surface area (Å²) in [6.45, 7) is 0. The maximum Gasteiger partial charge on any atom is 0.217 e. The molecule has 0 spiro atoms. The molecule has 0 aromatic carbocycles. The maximum atomic E-state index is 9.09. The van der Waals surface area contributed by atoms with E-state index in [1.54, 1.807) is 13.3 Å². The number of methoxy groups -OCH3 is 1. The van der Waals surface area contributed by atoms with Crippen molar-refractivity contribution >= 4 is 42.2 Å². The van der Waals surface area contributed by atoms with Gasteiger partial charge in [-0.05, 0) is 6.07 Å². The Morgan fingerprint density at radius 1 is 1.57 bits per heavy atom. The minimum absolute atomic E-state index is 0.441. The van der Waals surface area contributed by atoms with Gasteiger partial charge in [0.25, 0.3) is 0 Å². The lowest BCUT2D eigenvalue weighted by molar-refractivity contribution is 0.394. The molecule has 0 aliphatic heterocycles. The van der Waals surface area contributed by atoms with Crippen LogP contribution >= 0.6 is 33.0 Å². The van der Waals surface area contributed by atoms with Crippen LogP contribution in [0.4, 0.5) is 0 Å².